The van der Waals surface area contributed by atoms with Gasteiger partial charge in [0.2, 0.25) is 0 Å². The molecule has 0 saturated carbocycles. The van der Waals surface area contributed by atoms with Gasteiger partial charge in [-0.1, -0.05) is 197 Å². The topological polar surface area (TPSA) is 61.7 Å². The van der Waals surface area contributed by atoms with Crippen LogP contribution in [-0.2, 0) is 0 Å². The lowest BCUT2D eigenvalue weighted by Gasteiger charge is -2.12. The van der Waals surface area contributed by atoms with Crippen molar-refractivity contribution >= 4 is 65.6 Å². The van der Waals surface area contributed by atoms with Crippen molar-refractivity contribution in [2.75, 3.05) is 0 Å². The molecule has 0 spiro atoms. The number of fused-ring (bicyclic) bond motifs is 9. The SMILES string of the molecule is C.C.CC=CC.c1ccc(-c2ccccc2-c2ccc3c(c2)c2cc(-c4ccccc4-c4ccccn4)ccc2n3-c2ccc3oc4ccc(-n5c6ccc(-c7ccccc7-c7ccccn7)cc6c6cc(-c7ccccc7-c7ccccn7)ccc65)cc4c3c2)cc1. The van der Waals surface area contributed by atoms with E-state index in [0.717, 1.165) is 144 Å². The second-order valence-corrected chi connectivity index (χ2v) is 22.9. The number of allylic oxidation sites excluding steroid dienone is 2. The molecular weight excluding hydrogens is 1130 g/mol. The number of benzene rings is 11. The molecule has 17 rings (SSSR count). The molecule has 93 heavy (non-hydrogen) atoms. The van der Waals surface area contributed by atoms with E-state index in [1.807, 2.05) is 62.8 Å². The van der Waals surface area contributed by atoms with Crippen LogP contribution in [0.4, 0.5) is 0 Å². The van der Waals surface area contributed by atoms with Gasteiger partial charge in [0.15, 0.2) is 0 Å². The van der Waals surface area contributed by atoms with Crippen molar-refractivity contribution in [1.82, 2.24) is 24.1 Å². The van der Waals surface area contributed by atoms with Crippen LogP contribution >= 0.6 is 0 Å². The number of nitrogens with zero attached hydrogens (tertiary/aromatic N) is 5. The third kappa shape index (κ3) is 10.5. The van der Waals surface area contributed by atoms with Crippen LogP contribution in [0, 0.1) is 0 Å². The van der Waals surface area contributed by atoms with Gasteiger partial charge in [0.25, 0.3) is 0 Å². The summed E-state index contributed by atoms with van der Waals surface area (Å²) in [5.41, 5.74) is 25.7. The molecule has 0 N–H and O–H groups in total. The highest BCUT2D eigenvalue weighted by molar-refractivity contribution is 6.15. The molecule has 0 aliphatic heterocycles. The monoisotopic (exact) mass is 1200 g/mol. The number of furan rings is 1. The van der Waals surface area contributed by atoms with Gasteiger partial charge < -0.3 is 13.6 Å². The van der Waals surface area contributed by atoms with Crippen LogP contribution in [0.1, 0.15) is 28.7 Å². The molecule has 0 saturated heterocycles. The second-order valence-electron chi connectivity index (χ2n) is 22.9. The van der Waals surface area contributed by atoms with Crippen LogP contribution in [0.15, 0.2) is 326 Å². The van der Waals surface area contributed by atoms with Gasteiger partial charge in [-0.25, -0.2) is 0 Å². The van der Waals surface area contributed by atoms with Crippen LogP contribution in [0.3, 0.4) is 0 Å². The van der Waals surface area contributed by atoms with E-state index in [2.05, 4.69) is 282 Å². The molecule has 0 atom stereocenters. The number of aromatic nitrogens is 5. The van der Waals surface area contributed by atoms with E-state index in [-0.39, 0.29) is 14.9 Å². The van der Waals surface area contributed by atoms with Gasteiger partial charge in [-0.2, -0.15) is 0 Å². The predicted molar refractivity (Wildman–Crippen MR) is 393 cm³/mol. The molecule has 0 amide bonds. The Morgan fingerprint density at radius 2 is 0.548 bits per heavy atom. The van der Waals surface area contributed by atoms with Crippen molar-refractivity contribution in [3.8, 4) is 101 Å². The van der Waals surface area contributed by atoms with Gasteiger partial charge in [0.05, 0.1) is 39.1 Å². The first kappa shape index (κ1) is 58.7. The third-order valence-electron chi connectivity index (χ3n) is 17.7. The Labute approximate surface area is 542 Å². The number of pyridine rings is 3. The van der Waals surface area contributed by atoms with Crippen LogP contribution in [0.5, 0.6) is 0 Å². The van der Waals surface area contributed by atoms with Crippen molar-refractivity contribution < 1.29 is 4.42 Å². The molecular formula is C87H67N5O. The number of rotatable bonds is 10. The van der Waals surface area contributed by atoms with Crippen molar-refractivity contribution in [1.29, 1.82) is 0 Å². The van der Waals surface area contributed by atoms with Gasteiger partial charge in [0, 0.05) is 79.0 Å². The van der Waals surface area contributed by atoms with Gasteiger partial charge in [-0.3, -0.25) is 15.0 Å². The molecule has 6 heteroatoms. The van der Waals surface area contributed by atoms with Crippen LogP contribution in [-0.4, -0.2) is 24.1 Å². The smallest absolute Gasteiger partial charge is 0.135 e. The minimum Gasteiger partial charge on any atom is -0.456 e. The number of hydrogen-bond donors (Lipinski definition) is 0. The Morgan fingerprint density at radius 3 is 0.860 bits per heavy atom. The van der Waals surface area contributed by atoms with Crippen LogP contribution in [0.2, 0.25) is 0 Å². The molecule has 0 radical (unpaired) electrons. The van der Waals surface area contributed by atoms with E-state index in [9.17, 15) is 0 Å². The zero-order chi connectivity index (χ0) is 60.8. The second kappa shape index (κ2) is 25.1. The standard InChI is InChI=1S/C81H51N5O.C4H8.2CH4/c1-2-18-52(19-3-1)59-20-4-5-21-60(59)53-31-37-76-67(46-53)68-47-54(61-22-6-9-25-64(61)73-28-12-15-43-82-73)32-38-77(68)85(76)57-35-41-80-71(50-57)72-51-58(36-42-81(72)87-80)86-78-39-33-55(62-23-7-10-26-65(62)74-29-13-16-44-83-74)48-69(78)70-49-56(34-40-79(70)86)63-24-8-11-27-66(63)75-30-14-17-45-84-75;1-3-4-2;;/h1-51H;3-4H,1-2H3;2*1H4. The Kier molecular flexibility index (Phi) is 15.8. The first-order chi connectivity index (χ1) is 45.1. The summed E-state index contributed by atoms with van der Waals surface area (Å²) >= 11 is 0. The van der Waals surface area contributed by atoms with Gasteiger partial charge >= 0.3 is 0 Å². The summed E-state index contributed by atoms with van der Waals surface area (Å²) in [4.78, 5) is 14.4. The summed E-state index contributed by atoms with van der Waals surface area (Å²) in [5.74, 6) is 0. The van der Waals surface area contributed by atoms with Crippen molar-refractivity contribution in [2.24, 2.45) is 0 Å². The summed E-state index contributed by atoms with van der Waals surface area (Å²) in [5, 5.41) is 6.70. The lowest BCUT2D eigenvalue weighted by Crippen LogP contribution is -1.95. The molecule has 6 aromatic heterocycles. The van der Waals surface area contributed by atoms with Crippen LogP contribution in [0.25, 0.3) is 166 Å². The van der Waals surface area contributed by atoms with E-state index < -0.39 is 0 Å². The summed E-state index contributed by atoms with van der Waals surface area (Å²) in [6.07, 6.45) is 9.59. The minimum absolute atomic E-state index is 0. The van der Waals surface area contributed by atoms with Crippen molar-refractivity contribution in [3.05, 3.63) is 322 Å². The lowest BCUT2D eigenvalue weighted by molar-refractivity contribution is 0.669. The highest BCUT2D eigenvalue weighted by Crippen LogP contribution is 2.45. The average Bonchev–Trinajstić information content (AvgIpc) is 1.59. The maximum Gasteiger partial charge on any atom is 0.135 e. The first-order valence-electron chi connectivity index (χ1n) is 30.9. The summed E-state index contributed by atoms with van der Waals surface area (Å²) in [6.45, 7) is 4.00. The molecule has 11 aromatic carbocycles. The normalized spacial score (nSPS) is 11.3. The lowest BCUT2D eigenvalue weighted by atomic mass is 9.93. The quantitative estimate of drug-likeness (QED) is 0.128. The highest BCUT2D eigenvalue weighted by Gasteiger charge is 2.22. The average molecular weight is 1200 g/mol. The Bertz CT molecular complexity index is 4980. The maximum absolute atomic E-state index is 6.76. The van der Waals surface area contributed by atoms with Crippen molar-refractivity contribution in [3.63, 3.8) is 0 Å². The molecule has 0 unspecified atom stereocenters. The first-order valence-corrected chi connectivity index (χ1v) is 30.9. The van der Waals surface area contributed by atoms with Gasteiger partial charge in [0.1, 0.15) is 11.2 Å². The Morgan fingerprint density at radius 1 is 0.258 bits per heavy atom. The molecule has 446 valence electrons. The fraction of sp³-hybridized carbons (Fsp3) is 0.0460. The Hall–Kier alpha value is -12.0. The highest BCUT2D eigenvalue weighted by atomic mass is 16.3. The third-order valence-corrected chi connectivity index (χ3v) is 17.7. The number of hydrogen-bond acceptors (Lipinski definition) is 4. The summed E-state index contributed by atoms with van der Waals surface area (Å²) in [6, 6.07) is 104. The molecule has 0 bridgehead atoms. The molecule has 0 aliphatic rings. The Balaban J connectivity index is 0.00000122. The fourth-order valence-electron chi connectivity index (χ4n) is 13.3. The minimum atomic E-state index is 0. The molecule has 0 aliphatic carbocycles. The van der Waals surface area contributed by atoms with Gasteiger partial charge in [-0.15, -0.1) is 0 Å². The zero-order valence-electron chi connectivity index (χ0n) is 50.2. The predicted octanol–water partition coefficient (Wildman–Crippen LogP) is 24.2. The van der Waals surface area contributed by atoms with E-state index in [0.29, 0.717) is 0 Å². The van der Waals surface area contributed by atoms with Crippen molar-refractivity contribution in [2.45, 2.75) is 28.7 Å². The van der Waals surface area contributed by atoms with Crippen LogP contribution < -0.4 is 0 Å². The summed E-state index contributed by atoms with van der Waals surface area (Å²) < 4.78 is 11.6. The zero-order valence-corrected chi connectivity index (χ0v) is 50.2. The molecule has 6 nitrogen and oxygen atoms in total. The van der Waals surface area contributed by atoms with E-state index in [4.69, 9.17) is 19.4 Å². The molecule has 6 heterocycles. The molecule has 17 aromatic rings. The van der Waals surface area contributed by atoms with E-state index in [1.54, 1.807) is 0 Å². The largest absolute Gasteiger partial charge is 0.456 e. The summed E-state index contributed by atoms with van der Waals surface area (Å²) in [7, 11) is 0. The van der Waals surface area contributed by atoms with E-state index in [1.165, 1.54) is 22.1 Å². The van der Waals surface area contributed by atoms with Gasteiger partial charge in [-0.05, 0) is 191 Å². The fourth-order valence-corrected chi connectivity index (χ4v) is 13.3. The van der Waals surface area contributed by atoms with E-state index >= 15 is 0 Å². The molecule has 0 fully saturated rings. The maximum atomic E-state index is 6.76.